The number of hydrogen-bond donors (Lipinski definition) is 0. The first-order valence-electron chi connectivity index (χ1n) is 3.83. The van der Waals surface area contributed by atoms with E-state index in [-0.39, 0.29) is 63.7 Å². The normalized spacial score (nSPS) is 10.0. The fourth-order valence-electron chi connectivity index (χ4n) is 0.898. The van der Waals surface area contributed by atoms with Crippen molar-refractivity contribution in [1.29, 1.82) is 5.26 Å². The van der Waals surface area contributed by atoms with Crippen LogP contribution in [0.3, 0.4) is 0 Å². The summed E-state index contributed by atoms with van der Waals surface area (Å²) in [5.74, 6) is 0.260. The van der Waals surface area contributed by atoms with Gasteiger partial charge >= 0.3 is 58.4 Å². The summed E-state index contributed by atoms with van der Waals surface area (Å²) in [7, 11) is 0. The standard InChI is InChI=1S/C8H6BF3NO.K/c10-9(11,12)7-1-3-8(4-2-7)14-6-5-13;/h1-4H,6H2;/q-1;+1. The van der Waals surface area contributed by atoms with E-state index in [0.717, 1.165) is 12.1 Å². The van der Waals surface area contributed by atoms with Crippen LogP contribution in [0.1, 0.15) is 0 Å². The summed E-state index contributed by atoms with van der Waals surface area (Å²) in [4.78, 5) is 0. The number of halogens is 3. The van der Waals surface area contributed by atoms with Crippen LogP contribution in [0.15, 0.2) is 24.3 Å². The molecule has 0 bridgehead atoms. The second kappa shape index (κ2) is 6.56. The summed E-state index contributed by atoms with van der Waals surface area (Å²) in [5.41, 5.74) is -0.672. The maximum absolute atomic E-state index is 12.1. The molecule has 0 N–H and O–H groups in total. The quantitative estimate of drug-likeness (QED) is 0.611. The van der Waals surface area contributed by atoms with Gasteiger partial charge in [0.05, 0.1) is 0 Å². The number of nitriles is 1. The van der Waals surface area contributed by atoms with Gasteiger partial charge in [0, 0.05) is 0 Å². The van der Waals surface area contributed by atoms with Gasteiger partial charge in [-0.05, 0) is 12.1 Å². The molecule has 1 rings (SSSR count). The Morgan fingerprint density at radius 3 is 2.13 bits per heavy atom. The average molecular weight is 239 g/mol. The van der Waals surface area contributed by atoms with Crippen molar-refractivity contribution < 1.29 is 69.1 Å². The molecule has 1 aromatic rings. The molecule has 0 fully saturated rings. The second-order valence-electron chi connectivity index (χ2n) is 2.59. The Hall–Kier alpha value is 0.00130. The van der Waals surface area contributed by atoms with E-state index in [1.165, 1.54) is 12.1 Å². The average Bonchev–Trinajstić information content (AvgIpc) is 2.14. The van der Waals surface area contributed by atoms with Crippen molar-refractivity contribution in [2.24, 2.45) is 0 Å². The van der Waals surface area contributed by atoms with Gasteiger partial charge in [0.25, 0.3) is 0 Å². The molecule has 0 heterocycles. The first-order valence-corrected chi connectivity index (χ1v) is 3.83. The van der Waals surface area contributed by atoms with Crippen LogP contribution >= 0.6 is 0 Å². The Morgan fingerprint density at radius 1 is 1.20 bits per heavy atom. The van der Waals surface area contributed by atoms with Gasteiger partial charge < -0.3 is 17.7 Å². The van der Waals surface area contributed by atoms with Crippen molar-refractivity contribution >= 4 is 12.4 Å². The number of ether oxygens (including phenoxy) is 1. The molecule has 0 aromatic heterocycles. The monoisotopic (exact) mass is 239 g/mol. The Bertz CT molecular complexity index is 346. The first kappa shape index (κ1) is 15.0. The predicted molar refractivity (Wildman–Crippen MR) is 46.3 cm³/mol. The Balaban J connectivity index is 0.00000196. The fourth-order valence-corrected chi connectivity index (χ4v) is 0.898. The van der Waals surface area contributed by atoms with Crippen LogP contribution in [-0.4, -0.2) is 13.6 Å². The third-order valence-electron chi connectivity index (χ3n) is 1.56. The number of rotatable bonds is 3. The molecule has 0 spiro atoms. The van der Waals surface area contributed by atoms with Crippen LogP contribution in [0, 0.1) is 11.3 Å². The summed E-state index contributed by atoms with van der Waals surface area (Å²) in [6, 6.07) is 5.99. The summed E-state index contributed by atoms with van der Waals surface area (Å²) >= 11 is 0. The second-order valence-corrected chi connectivity index (χ2v) is 2.59. The minimum Gasteiger partial charge on any atom is -0.479 e. The third kappa shape index (κ3) is 5.04. The van der Waals surface area contributed by atoms with Gasteiger partial charge in [0.15, 0.2) is 6.61 Å². The van der Waals surface area contributed by atoms with Gasteiger partial charge in [0.2, 0.25) is 0 Å². The van der Waals surface area contributed by atoms with Gasteiger partial charge in [-0.3, -0.25) is 0 Å². The van der Waals surface area contributed by atoms with Crippen LogP contribution in [0.2, 0.25) is 0 Å². The molecule has 2 nitrogen and oxygen atoms in total. The van der Waals surface area contributed by atoms with Crippen LogP contribution in [0.25, 0.3) is 0 Å². The summed E-state index contributed by atoms with van der Waals surface area (Å²) in [6.07, 6.45) is 0. The molecule has 0 amide bonds. The summed E-state index contributed by atoms with van der Waals surface area (Å²) < 4.78 is 41.2. The van der Waals surface area contributed by atoms with Gasteiger partial charge in [-0.2, -0.15) is 5.26 Å². The zero-order chi connectivity index (χ0) is 10.6. The minimum absolute atomic E-state index is 0. The zero-order valence-electron chi connectivity index (χ0n) is 8.08. The van der Waals surface area contributed by atoms with Crippen LogP contribution < -0.4 is 61.6 Å². The topological polar surface area (TPSA) is 33.0 Å². The van der Waals surface area contributed by atoms with E-state index in [2.05, 4.69) is 0 Å². The van der Waals surface area contributed by atoms with Gasteiger partial charge in [-0.25, -0.2) is 0 Å². The van der Waals surface area contributed by atoms with Crippen LogP contribution in [0.5, 0.6) is 5.75 Å². The van der Waals surface area contributed by atoms with Crippen molar-refractivity contribution in [2.45, 2.75) is 0 Å². The molecule has 74 valence electrons. The van der Waals surface area contributed by atoms with E-state index in [0.29, 0.717) is 0 Å². The Labute approximate surface area is 128 Å². The summed E-state index contributed by atoms with van der Waals surface area (Å²) in [5, 5.41) is 8.16. The van der Waals surface area contributed by atoms with Crippen LogP contribution in [0.4, 0.5) is 12.9 Å². The molecular formula is C8H6BF3KNO. The van der Waals surface area contributed by atoms with Gasteiger partial charge in [0.1, 0.15) is 11.8 Å². The SMILES string of the molecule is N#CCOc1ccc([B-](F)(F)F)cc1.[K+]. The van der Waals surface area contributed by atoms with Crippen molar-refractivity contribution in [3.8, 4) is 11.8 Å². The maximum atomic E-state index is 12.1. The van der Waals surface area contributed by atoms with Gasteiger partial charge in [-0.1, -0.05) is 12.1 Å². The largest absolute Gasteiger partial charge is 1.00 e. The molecule has 0 aliphatic rings. The Morgan fingerprint density at radius 2 is 1.73 bits per heavy atom. The molecule has 0 aliphatic heterocycles. The molecule has 0 aliphatic carbocycles. The van der Waals surface area contributed by atoms with E-state index in [1.807, 2.05) is 0 Å². The van der Waals surface area contributed by atoms with Crippen molar-refractivity contribution in [1.82, 2.24) is 0 Å². The molecule has 0 atom stereocenters. The van der Waals surface area contributed by atoms with Gasteiger partial charge in [-0.15, -0.1) is 5.46 Å². The summed E-state index contributed by atoms with van der Waals surface area (Å²) in [6.45, 7) is -5.13. The predicted octanol–water partition coefficient (Wildman–Crippen LogP) is -1.35. The molecule has 15 heavy (non-hydrogen) atoms. The van der Waals surface area contributed by atoms with E-state index < -0.39 is 12.4 Å². The number of nitrogens with zero attached hydrogens (tertiary/aromatic N) is 1. The molecule has 0 radical (unpaired) electrons. The molecular weight excluding hydrogens is 233 g/mol. The number of benzene rings is 1. The Kier molecular flexibility index (Phi) is 6.56. The van der Waals surface area contributed by atoms with Crippen molar-refractivity contribution in [3.63, 3.8) is 0 Å². The van der Waals surface area contributed by atoms with Crippen molar-refractivity contribution in [3.05, 3.63) is 24.3 Å². The maximum Gasteiger partial charge on any atom is 1.00 e. The van der Waals surface area contributed by atoms with E-state index in [4.69, 9.17) is 10.00 Å². The van der Waals surface area contributed by atoms with E-state index >= 15 is 0 Å². The molecule has 1 aromatic carbocycles. The minimum atomic E-state index is -4.96. The third-order valence-corrected chi connectivity index (χ3v) is 1.56. The van der Waals surface area contributed by atoms with Crippen LogP contribution in [-0.2, 0) is 0 Å². The molecule has 7 heteroatoms. The molecule has 0 saturated carbocycles. The zero-order valence-corrected chi connectivity index (χ0v) is 11.2. The van der Waals surface area contributed by atoms with E-state index in [1.54, 1.807) is 6.07 Å². The number of hydrogen-bond acceptors (Lipinski definition) is 2. The first-order chi connectivity index (χ1) is 6.54. The van der Waals surface area contributed by atoms with Crippen molar-refractivity contribution in [2.75, 3.05) is 6.61 Å². The van der Waals surface area contributed by atoms with E-state index in [9.17, 15) is 12.9 Å². The molecule has 0 unspecified atom stereocenters. The smallest absolute Gasteiger partial charge is 0.479 e. The molecule has 0 saturated heterocycles. The fraction of sp³-hybridized carbons (Fsp3) is 0.125.